The normalized spacial score (nSPS) is 15.3. The summed E-state index contributed by atoms with van der Waals surface area (Å²) in [4.78, 5) is 16.2. The molecule has 2 aromatic carbocycles. The summed E-state index contributed by atoms with van der Waals surface area (Å²) in [6.45, 7) is 1.84. The van der Waals surface area contributed by atoms with Crippen LogP contribution in [0.3, 0.4) is 0 Å². The zero-order chi connectivity index (χ0) is 21.8. The molecule has 1 aliphatic rings. The number of hydrogen-bond acceptors (Lipinski definition) is 4. The van der Waals surface area contributed by atoms with E-state index >= 15 is 0 Å². The highest BCUT2D eigenvalue weighted by Gasteiger charge is 2.22. The summed E-state index contributed by atoms with van der Waals surface area (Å²) in [5, 5.41) is 0. The van der Waals surface area contributed by atoms with Gasteiger partial charge in [-0.15, -0.1) is 0 Å². The van der Waals surface area contributed by atoms with Crippen LogP contribution in [0.4, 0.5) is 4.39 Å². The third-order valence-electron chi connectivity index (χ3n) is 5.99. The van der Waals surface area contributed by atoms with Crippen molar-refractivity contribution in [2.75, 3.05) is 7.11 Å². The molecule has 0 amide bonds. The lowest BCUT2D eigenvalue weighted by Crippen LogP contribution is -2.12. The van der Waals surface area contributed by atoms with E-state index < -0.39 is 0 Å². The maximum atomic E-state index is 13.4. The summed E-state index contributed by atoms with van der Waals surface area (Å²) in [5.41, 5.74) is 4.93. The molecule has 4 nitrogen and oxygen atoms in total. The molecule has 160 valence electrons. The first kappa shape index (κ1) is 21.0. The number of rotatable bonds is 6. The van der Waals surface area contributed by atoms with Crippen LogP contribution in [-0.2, 0) is 17.6 Å². The Morgan fingerprint density at radius 2 is 2.06 bits per heavy atom. The van der Waals surface area contributed by atoms with Gasteiger partial charge in [0, 0.05) is 12.4 Å². The fourth-order valence-corrected chi connectivity index (χ4v) is 4.37. The van der Waals surface area contributed by atoms with Crippen molar-refractivity contribution in [3.05, 3.63) is 88.5 Å². The van der Waals surface area contributed by atoms with Gasteiger partial charge < -0.3 is 9.47 Å². The molecule has 1 atom stereocenters. The molecule has 5 heteroatoms. The quantitative estimate of drug-likeness (QED) is 0.449. The van der Waals surface area contributed by atoms with Crippen LogP contribution in [0.5, 0.6) is 11.5 Å². The average molecular weight is 419 g/mol. The minimum atomic E-state index is -0.320. The number of nitrogens with zero attached hydrogens (tertiary/aromatic N) is 1. The van der Waals surface area contributed by atoms with Crippen LogP contribution >= 0.6 is 0 Å². The van der Waals surface area contributed by atoms with Gasteiger partial charge >= 0.3 is 5.97 Å². The van der Waals surface area contributed by atoms with E-state index in [1.54, 1.807) is 24.5 Å². The Hall–Kier alpha value is -3.21. The number of aromatic nitrogens is 1. The maximum absolute atomic E-state index is 13.4. The van der Waals surface area contributed by atoms with Crippen molar-refractivity contribution >= 4 is 5.97 Å². The molecule has 0 aliphatic heterocycles. The smallest absolute Gasteiger partial charge is 0.338 e. The Balaban J connectivity index is 1.49. The van der Waals surface area contributed by atoms with Crippen molar-refractivity contribution in [1.29, 1.82) is 0 Å². The molecule has 3 aromatic rings. The monoisotopic (exact) mass is 419 g/mol. The molecule has 1 aliphatic carbocycles. The van der Waals surface area contributed by atoms with E-state index in [4.69, 9.17) is 9.47 Å². The summed E-state index contributed by atoms with van der Waals surface area (Å²) in [5.74, 6) is 1.28. The lowest BCUT2D eigenvalue weighted by molar-refractivity contribution is 0.0599. The van der Waals surface area contributed by atoms with Gasteiger partial charge in [0.1, 0.15) is 17.3 Å². The Morgan fingerprint density at radius 3 is 2.87 bits per heavy atom. The Morgan fingerprint density at radius 1 is 1.19 bits per heavy atom. The molecule has 0 saturated heterocycles. The van der Waals surface area contributed by atoms with Crippen molar-refractivity contribution in [2.24, 2.45) is 0 Å². The van der Waals surface area contributed by atoms with E-state index in [2.05, 4.69) is 17.1 Å². The second kappa shape index (κ2) is 9.29. The van der Waals surface area contributed by atoms with Gasteiger partial charge in [-0.3, -0.25) is 4.98 Å². The SMILES string of the molecule is COC(=O)c1ccncc1CC[C@@H]1CCCc2cc(Oc3ccc(F)cc3C)ccc21. The molecule has 31 heavy (non-hydrogen) atoms. The van der Waals surface area contributed by atoms with Gasteiger partial charge in [0.2, 0.25) is 0 Å². The predicted molar refractivity (Wildman–Crippen MR) is 117 cm³/mol. The number of pyridine rings is 1. The zero-order valence-electron chi connectivity index (χ0n) is 17.9. The van der Waals surface area contributed by atoms with E-state index in [-0.39, 0.29) is 11.8 Å². The fraction of sp³-hybridized carbons (Fsp3) is 0.308. The lowest BCUT2D eigenvalue weighted by atomic mass is 9.79. The predicted octanol–water partition coefficient (Wildman–Crippen LogP) is 6.16. The van der Waals surface area contributed by atoms with Crippen LogP contribution in [0.2, 0.25) is 0 Å². The molecule has 0 N–H and O–H groups in total. The van der Waals surface area contributed by atoms with Gasteiger partial charge in [-0.2, -0.15) is 0 Å². The van der Waals surface area contributed by atoms with E-state index in [1.165, 1.54) is 30.4 Å². The van der Waals surface area contributed by atoms with Crippen molar-refractivity contribution in [3.63, 3.8) is 0 Å². The molecular formula is C26H26FNO3. The van der Waals surface area contributed by atoms with Crippen LogP contribution in [0.1, 0.15) is 57.8 Å². The molecule has 0 saturated carbocycles. The number of aryl methyl sites for hydroxylation is 3. The standard InChI is InChI=1S/C26H26FNO3/c1-17-14-21(27)8-11-25(17)31-22-9-10-23-18(4-3-5-19(23)15-22)6-7-20-16-28-13-12-24(20)26(29)30-2/h8-16,18H,3-7H2,1-2H3/t18-/m0/s1. The maximum Gasteiger partial charge on any atom is 0.338 e. The molecule has 4 rings (SSSR count). The highest BCUT2D eigenvalue weighted by Crippen LogP contribution is 2.38. The van der Waals surface area contributed by atoms with Crippen molar-refractivity contribution < 1.29 is 18.7 Å². The molecule has 0 fully saturated rings. The zero-order valence-corrected chi connectivity index (χ0v) is 17.9. The number of halogens is 1. The number of fused-ring (bicyclic) bond motifs is 1. The summed E-state index contributed by atoms with van der Waals surface area (Å²) in [6.07, 6.45) is 8.36. The van der Waals surface area contributed by atoms with Crippen LogP contribution in [0, 0.1) is 12.7 Å². The van der Waals surface area contributed by atoms with Crippen molar-refractivity contribution in [2.45, 2.75) is 44.9 Å². The van der Waals surface area contributed by atoms with Gasteiger partial charge in [-0.25, -0.2) is 9.18 Å². The van der Waals surface area contributed by atoms with Crippen LogP contribution in [0.25, 0.3) is 0 Å². The Kier molecular flexibility index (Phi) is 6.31. The third kappa shape index (κ3) is 4.76. The first-order chi connectivity index (χ1) is 15.0. The summed E-state index contributed by atoms with van der Waals surface area (Å²) < 4.78 is 24.3. The Bertz CT molecular complexity index is 1100. The molecule has 0 radical (unpaired) electrons. The summed E-state index contributed by atoms with van der Waals surface area (Å²) in [7, 11) is 1.40. The minimum absolute atomic E-state index is 0.262. The first-order valence-corrected chi connectivity index (χ1v) is 10.6. The minimum Gasteiger partial charge on any atom is -0.465 e. The van der Waals surface area contributed by atoms with Crippen LogP contribution in [0.15, 0.2) is 54.9 Å². The fourth-order valence-electron chi connectivity index (χ4n) is 4.37. The first-order valence-electron chi connectivity index (χ1n) is 10.6. The van der Waals surface area contributed by atoms with Gasteiger partial charge in [-0.1, -0.05) is 6.07 Å². The van der Waals surface area contributed by atoms with Crippen molar-refractivity contribution in [3.8, 4) is 11.5 Å². The van der Waals surface area contributed by atoms with Gasteiger partial charge in [-0.05, 0) is 104 Å². The van der Waals surface area contributed by atoms with E-state index in [1.807, 2.05) is 13.0 Å². The topological polar surface area (TPSA) is 48.4 Å². The molecule has 0 unspecified atom stereocenters. The van der Waals surface area contributed by atoms with E-state index in [0.29, 0.717) is 17.2 Å². The third-order valence-corrected chi connectivity index (χ3v) is 5.99. The van der Waals surface area contributed by atoms with Gasteiger partial charge in [0.25, 0.3) is 0 Å². The Labute approximate surface area is 182 Å². The number of esters is 1. The van der Waals surface area contributed by atoms with Gasteiger partial charge in [0.05, 0.1) is 12.7 Å². The highest BCUT2D eigenvalue weighted by molar-refractivity contribution is 5.90. The number of ether oxygens (including phenoxy) is 2. The largest absolute Gasteiger partial charge is 0.465 e. The number of carbonyl (C=O) groups excluding carboxylic acids is 1. The molecule has 1 aromatic heterocycles. The van der Waals surface area contributed by atoms with E-state index in [9.17, 15) is 9.18 Å². The summed E-state index contributed by atoms with van der Waals surface area (Å²) in [6, 6.07) is 12.5. The lowest BCUT2D eigenvalue weighted by Gasteiger charge is -2.26. The van der Waals surface area contributed by atoms with Crippen LogP contribution < -0.4 is 4.74 Å². The second-order valence-corrected chi connectivity index (χ2v) is 8.02. The number of hydrogen-bond donors (Lipinski definition) is 0. The van der Waals surface area contributed by atoms with Crippen molar-refractivity contribution in [1.82, 2.24) is 4.98 Å². The highest BCUT2D eigenvalue weighted by atomic mass is 19.1. The van der Waals surface area contributed by atoms with Crippen LogP contribution in [-0.4, -0.2) is 18.1 Å². The number of benzene rings is 2. The molecule has 0 bridgehead atoms. The van der Waals surface area contributed by atoms with E-state index in [0.717, 1.165) is 49.0 Å². The van der Waals surface area contributed by atoms with Gasteiger partial charge in [0.15, 0.2) is 0 Å². The second-order valence-electron chi connectivity index (χ2n) is 8.02. The summed E-state index contributed by atoms with van der Waals surface area (Å²) >= 11 is 0. The molecular weight excluding hydrogens is 393 g/mol. The number of carbonyl (C=O) groups is 1. The molecule has 0 spiro atoms. The average Bonchev–Trinajstić information content (AvgIpc) is 2.79. The number of methoxy groups -OCH3 is 1. The molecule has 1 heterocycles.